The molecule has 23 heavy (non-hydrogen) atoms. The number of ether oxygens (including phenoxy) is 3. The van der Waals surface area contributed by atoms with Gasteiger partial charge in [-0.05, 0) is 38.1 Å². The molecule has 1 atom stereocenters. The largest absolute Gasteiger partial charge is 0.543 e. The van der Waals surface area contributed by atoms with Gasteiger partial charge in [0.05, 0.1) is 29.9 Å². The lowest BCUT2D eigenvalue weighted by atomic mass is 10.2. The predicted molar refractivity (Wildman–Crippen MR) is 77.6 cm³/mol. The van der Waals surface area contributed by atoms with Gasteiger partial charge in [-0.15, -0.1) is 0 Å². The molecule has 0 N–H and O–H groups in total. The standard InChI is InChI=1S/C15H20O8/c1-4-19-13-7-5-12(6-8-13)14(16)21-23-22-15(17)20-10-9-11(2)18-3/h5-8,11H,4,9-10H2,1-3H3. The lowest BCUT2D eigenvalue weighted by Gasteiger charge is -2.08. The lowest BCUT2D eigenvalue weighted by Crippen LogP contribution is -2.15. The SMILES string of the molecule is CCOc1ccc(C(=O)OOOC(=O)OCCC(C)OC)cc1. The Morgan fingerprint density at radius 1 is 1.13 bits per heavy atom. The Balaban J connectivity index is 2.24. The van der Waals surface area contributed by atoms with E-state index in [4.69, 9.17) is 9.47 Å². The van der Waals surface area contributed by atoms with Crippen LogP contribution < -0.4 is 4.74 Å². The average Bonchev–Trinajstić information content (AvgIpc) is 2.55. The minimum absolute atomic E-state index is 0.0544. The summed E-state index contributed by atoms with van der Waals surface area (Å²) in [6.45, 7) is 4.28. The van der Waals surface area contributed by atoms with Crippen LogP contribution >= 0.6 is 0 Å². The fourth-order valence-corrected chi connectivity index (χ4v) is 1.43. The first-order chi connectivity index (χ1) is 11.1. The van der Waals surface area contributed by atoms with Crippen molar-refractivity contribution >= 4 is 12.1 Å². The summed E-state index contributed by atoms with van der Waals surface area (Å²) in [5, 5.41) is 4.09. The summed E-state index contributed by atoms with van der Waals surface area (Å²) in [4.78, 5) is 31.2. The highest BCUT2D eigenvalue weighted by Gasteiger charge is 2.12. The third-order valence-electron chi connectivity index (χ3n) is 2.76. The van der Waals surface area contributed by atoms with E-state index in [1.807, 2.05) is 13.8 Å². The minimum atomic E-state index is -1.12. The number of carbonyl (C=O) groups is 2. The molecule has 8 heteroatoms. The molecule has 0 aromatic heterocycles. The second-order valence-corrected chi connectivity index (χ2v) is 4.41. The number of benzene rings is 1. The number of rotatable bonds is 9. The Labute approximate surface area is 134 Å². The Morgan fingerprint density at radius 3 is 2.43 bits per heavy atom. The molecule has 0 radical (unpaired) electrons. The molecular formula is C15H20O8. The summed E-state index contributed by atoms with van der Waals surface area (Å²) in [7, 11) is 1.55. The molecule has 0 saturated carbocycles. The molecule has 0 bridgehead atoms. The zero-order chi connectivity index (χ0) is 17.1. The quantitative estimate of drug-likeness (QED) is 0.388. The van der Waals surface area contributed by atoms with E-state index < -0.39 is 12.1 Å². The molecule has 0 heterocycles. The zero-order valence-corrected chi connectivity index (χ0v) is 13.3. The molecule has 1 unspecified atom stereocenters. The van der Waals surface area contributed by atoms with E-state index >= 15 is 0 Å². The van der Waals surface area contributed by atoms with Gasteiger partial charge in [0.25, 0.3) is 0 Å². The highest BCUT2D eigenvalue weighted by molar-refractivity contribution is 5.89. The van der Waals surface area contributed by atoms with Crippen molar-refractivity contribution in [3.05, 3.63) is 29.8 Å². The van der Waals surface area contributed by atoms with E-state index in [2.05, 4.69) is 19.6 Å². The van der Waals surface area contributed by atoms with Gasteiger partial charge in [-0.25, -0.2) is 14.5 Å². The number of carbonyl (C=O) groups excluding carboxylic acids is 2. The highest BCUT2D eigenvalue weighted by atomic mass is 17.5. The molecule has 0 aliphatic carbocycles. The van der Waals surface area contributed by atoms with Gasteiger partial charge in [0, 0.05) is 13.5 Å². The third-order valence-corrected chi connectivity index (χ3v) is 2.76. The van der Waals surface area contributed by atoms with Gasteiger partial charge in [0.2, 0.25) is 0 Å². The maximum Gasteiger partial charge on any atom is 0.543 e. The number of hydrogen-bond donors (Lipinski definition) is 0. The van der Waals surface area contributed by atoms with E-state index in [1.165, 1.54) is 12.1 Å². The summed E-state index contributed by atoms with van der Waals surface area (Å²) in [6.07, 6.45) is -0.675. The van der Waals surface area contributed by atoms with Crippen molar-refractivity contribution < 1.29 is 38.6 Å². The van der Waals surface area contributed by atoms with Crippen LogP contribution in [0.3, 0.4) is 0 Å². The predicted octanol–water partition coefficient (Wildman–Crippen LogP) is 2.67. The Bertz CT molecular complexity index is 485. The third kappa shape index (κ3) is 7.48. The Morgan fingerprint density at radius 2 is 1.83 bits per heavy atom. The van der Waals surface area contributed by atoms with Crippen molar-refractivity contribution in [2.45, 2.75) is 26.4 Å². The first-order valence-corrected chi connectivity index (χ1v) is 7.04. The van der Waals surface area contributed by atoms with E-state index in [9.17, 15) is 9.59 Å². The smallest absolute Gasteiger partial charge is 0.494 e. The van der Waals surface area contributed by atoms with Crippen molar-refractivity contribution in [1.82, 2.24) is 0 Å². The van der Waals surface area contributed by atoms with Crippen LogP contribution in [-0.2, 0) is 24.3 Å². The normalized spacial score (nSPS) is 11.4. The van der Waals surface area contributed by atoms with Gasteiger partial charge >= 0.3 is 12.1 Å². The van der Waals surface area contributed by atoms with Gasteiger partial charge in [0.1, 0.15) is 5.75 Å². The van der Waals surface area contributed by atoms with Crippen molar-refractivity contribution in [3.8, 4) is 5.75 Å². The molecule has 8 nitrogen and oxygen atoms in total. The Kier molecular flexibility index (Phi) is 8.48. The van der Waals surface area contributed by atoms with Crippen molar-refractivity contribution in [2.75, 3.05) is 20.3 Å². The molecule has 0 spiro atoms. The first-order valence-electron chi connectivity index (χ1n) is 7.04. The molecular weight excluding hydrogens is 308 g/mol. The fourth-order valence-electron chi connectivity index (χ4n) is 1.43. The zero-order valence-electron chi connectivity index (χ0n) is 13.3. The van der Waals surface area contributed by atoms with E-state index in [1.54, 1.807) is 19.2 Å². The van der Waals surface area contributed by atoms with Crippen LogP contribution in [0.2, 0.25) is 0 Å². The monoisotopic (exact) mass is 328 g/mol. The average molecular weight is 328 g/mol. The van der Waals surface area contributed by atoms with Crippen LogP contribution in [0, 0.1) is 0 Å². The first kappa shape index (κ1) is 18.7. The van der Waals surface area contributed by atoms with E-state index in [-0.39, 0.29) is 18.3 Å². The van der Waals surface area contributed by atoms with Gasteiger partial charge < -0.3 is 14.2 Å². The van der Waals surface area contributed by atoms with Gasteiger partial charge in [-0.3, -0.25) is 4.89 Å². The topological polar surface area (TPSA) is 89.5 Å². The van der Waals surface area contributed by atoms with Crippen molar-refractivity contribution in [1.29, 1.82) is 0 Å². The van der Waals surface area contributed by atoms with Gasteiger partial charge in [-0.1, -0.05) is 0 Å². The summed E-state index contributed by atoms with van der Waals surface area (Å²) in [6, 6.07) is 6.18. The number of hydrogen-bond acceptors (Lipinski definition) is 8. The summed E-state index contributed by atoms with van der Waals surface area (Å²) >= 11 is 0. The molecule has 128 valence electrons. The van der Waals surface area contributed by atoms with E-state index in [0.717, 1.165) is 0 Å². The van der Waals surface area contributed by atoms with Crippen LogP contribution in [0.4, 0.5) is 4.79 Å². The highest BCUT2D eigenvalue weighted by Crippen LogP contribution is 2.13. The second-order valence-electron chi connectivity index (χ2n) is 4.41. The van der Waals surface area contributed by atoms with Crippen LogP contribution in [0.1, 0.15) is 30.6 Å². The Hall–Kier alpha value is -2.32. The number of methoxy groups -OCH3 is 1. The van der Waals surface area contributed by atoms with Crippen molar-refractivity contribution in [2.24, 2.45) is 0 Å². The molecule has 0 aliphatic rings. The lowest BCUT2D eigenvalue weighted by molar-refractivity contribution is -0.452. The van der Waals surface area contributed by atoms with Crippen LogP contribution in [0.25, 0.3) is 0 Å². The molecule has 1 aromatic rings. The molecule has 0 saturated heterocycles. The maximum atomic E-state index is 11.6. The van der Waals surface area contributed by atoms with Crippen LogP contribution in [0.5, 0.6) is 5.75 Å². The van der Waals surface area contributed by atoms with Crippen molar-refractivity contribution in [3.63, 3.8) is 0 Å². The summed E-state index contributed by atoms with van der Waals surface area (Å²) in [5.41, 5.74) is 0.208. The van der Waals surface area contributed by atoms with Crippen LogP contribution in [-0.4, -0.2) is 38.6 Å². The summed E-state index contributed by atoms with van der Waals surface area (Å²) in [5.74, 6) is -0.205. The fraction of sp³-hybridized carbons (Fsp3) is 0.467. The molecule has 0 fully saturated rings. The van der Waals surface area contributed by atoms with Crippen LogP contribution in [0.15, 0.2) is 24.3 Å². The minimum Gasteiger partial charge on any atom is -0.494 e. The van der Waals surface area contributed by atoms with E-state index in [0.29, 0.717) is 18.8 Å². The van der Waals surface area contributed by atoms with Gasteiger partial charge in [0.15, 0.2) is 0 Å². The summed E-state index contributed by atoms with van der Waals surface area (Å²) < 4.78 is 14.9. The second kappa shape index (κ2) is 10.4. The molecule has 0 aliphatic heterocycles. The molecule has 0 amide bonds. The molecule has 1 aromatic carbocycles. The molecule has 1 rings (SSSR count). The van der Waals surface area contributed by atoms with Gasteiger partial charge in [-0.2, -0.15) is 0 Å². The maximum absolute atomic E-state index is 11.6.